The molecule has 0 aliphatic rings. The molecule has 0 spiro atoms. The molecule has 0 bridgehead atoms. The average Bonchev–Trinajstić information content (AvgIpc) is 1.59. The third-order valence-electron chi connectivity index (χ3n) is 1.11. The summed E-state index contributed by atoms with van der Waals surface area (Å²) >= 11 is 0. The van der Waals surface area contributed by atoms with Crippen LogP contribution in [0.3, 0.4) is 0 Å². The van der Waals surface area contributed by atoms with Gasteiger partial charge in [0.15, 0.2) is 0 Å². The van der Waals surface area contributed by atoms with Crippen LogP contribution in [0.2, 0.25) is 25.7 Å². The van der Waals surface area contributed by atoms with Gasteiger partial charge in [-0.05, 0) is 31.5 Å². The molecule has 0 aromatic heterocycles. The first-order valence-electron chi connectivity index (χ1n) is 3.80. The lowest BCUT2D eigenvalue weighted by Gasteiger charge is -2.10. The Labute approximate surface area is 65.7 Å². The molecule has 0 amide bonds. The standard InChI is InChI=1S/C9H18Si/c1-9(2)7-6-8-10(3,4)5/h6H,8H2,1-5H3. The minimum atomic E-state index is -0.855. The summed E-state index contributed by atoms with van der Waals surface area (Å²) in [5, 5.41) is 0. The highest BCUT2D eigenvalue weighted by Crippen LogP contribution is 2.07. The maximum absolute atomic E-state index is 3.23. The van der Waals surface area contributed by atoms with Crippen molar-refractivity contribution in [2.24, 2.45) is 0 Å². The lowest BCUT2D eigenvalue weighted by Crippen LogP contribution is -2.17. The van der Waals surface area contributed by atoms with Crippen LogP contribution in [0.25, 0.3) is 0 Å². The predicted molar refractivity (Wildman–Crippen MR) is 51.1 cm³/mol. The van der Waals surface area contributed by atoms with Crippen LogP contribution in [-0.2, 0) is 0 Å². The van der Waals surface area contributed by atoms with Gasteiger partial charge in [0.05, 0.1) is 0 Å². The van der Waals surface area contributed by atoms with Gasteiger partial charge in [0.25, 0.3) is 0 Å². The molecular weight excluding hydrogens is 136 g/mol. The molecule has 0 nitrogen and oxygen atoms in total. The molecule has 0 N–H and O–H groups in total. The molecule has 0 radical (unpaired) electrons. The monoisotopic (exact) mass is 154 g/mol. The molecule has 0 saturated carbocycles. The van der Waals surface area contributed by atoms with E-state index in [9.17, 15) is 0 Å². The van der Waals surface area contributed by atoms with Gasteiger partial charge in [0.2, 0.25) is 0 Å². The third-order valence-corrected chi connectivity index (χ3v) is 2.53. The highest BCUT2D eigenvalue weighted by molar-refractivity contribution is 6.76. The summed E-state index contributed by atoms with van der Waals surface area (Å²) in [5.74, 6) is 0. The zero-order chi connectivity index (χ0) is 8.20. The Morgan fingerprint density at radius 1 is 1.30 bits per heavy atom. The summed E-state index contributed by atoms with van der Waals surface area (Å²) in [6.07, 6.45) is 2.18. The summed E-state index contributed by atoms with van der Waals surface area (Å²) in [6.45, 7) is 11.3. The van der Waals surface area contributed by atoms with Crippen LogP contribution < -0.4 is 0 Å². The van der Waals surface area contributed by atoms with E-state index in [0.29, 0.717) is 0 Å². The number of allylic oxidation sites excluding steroid dienone is 1. The third kappa shape index (κ3) is 7.74. The Morgan fingerprint density at radius 3 is 2.10 bits per heavy atom. The van der Waals surface area contributed by atoms with Crippen LogP contribution in [0.1, 0.15) is 13.8 Å². The van der Waals surface area contributed by atoms with Crippen molar-refractivity contribution in [3.63, 3.8) is 0 Å². The highest BCUT2D eigenvalue weighted by Gasteiger charge is 2.08. The first-order valence-corrected chi connectivity index (χ1v) is 7.51. The Morgan fingerprint density at radius 2 is 1.80 bits per heavy atom. The van der Waals surface area contributed by atoms with E-state index in [1.54, 1.807) is 0 Å². The first kappa shape index (κ1) is 9.74. The van der Waals surface area contributed by atoms with Crippen molar-refractivity contribution in [2.75, 3.05) is 0 Å². The van der Waals surface area contributed by atoms with Crippen molar-refractivity contribution < 1.29 is 0 Å². The molecule has 0 atom stereocenters. The summed E-state index contributed by atoms with van der Waals surface area (Å²) in [5.41, 5.74) is 4.50. The quantitative estimate of drug-likeness (QED) is 0.422. The minimum absolute atomic E-state index is 0.855. The molecule has 1 heteroatoms. The summed E-state index contributed by atoms with van der Waals surface area (Å²) in [4.78, 5) is 0. The molecule has 0 rings (SSSR count). The van der Waals surface area contributed by atoms with E-state index in [0.717, 1.165) is 0 Å². The van der Waals surface area contributed by atoms with Crippen molar-refractivity contribution in [3.05, 3.63) is 17.4 Å². The van der Waals surface area contributed by atoms with Crippen LogP contribution in [0.5, 0.6) is 0 Å². The number of rotatable bonds is 2. The van der Waals surface area contributed by atoms with Gasteiger partial charge in [-0.15, -0.1) is 5.73 Å². The van der Waals surface area contributed by atoms with Gasteiger partial charge in [-0.2, -0.15) is 0 Å². The predicted octanol–water partition coefficient (Wildman–Crippen LogP) is 3.45. The van der Waals surface area contributed by atoms with Crippen LogP contribution >= 0.6 is 0 Å². The molecule has 0 aliphatic carbocycles. The van der Waals surface area contributed by atoms with E-state index < -0.39 is 8.07 Å². The molecule has 0 aromatic carbocycles. The maximum atomic E-state index is 3.23. The lowest BCUT2D eigenvalue weighted by molar-refractivity contribution is 1.39. The second-order valence-corrected chi connectivity index (χ2v) is 9.64. The highest BCUT2D eigenvalue weighted by atomic mass is 28.3. The van der Waals surface area contributed by atoms with Gasteiger partial charge >= 0.3 is 0 Å². The zero-order valence-electron chi connectivity index (χ0n) is 7.78. The Hall–Kier alpha value is -0.263. The fourth-order valence-corrected chi connectivity index (χ4v) is 1.28. The van der Waals surface area contributed by atoms with Gasteiger partial charge in [0.1, 0.15) is 0 Å². The molecule has 0 heterocycles. The van der Waals surface area contributed by atoms with Crippen LogP contribution in [-0.4, -0.2) is 8.07 Å². The fourth-order valence-electron chi connectivity index (χ4n) is 0.561. The van der Waals surface area contributed by atoms with Crippen molar-refractivity contribution >= 4 is 8.07 Å². The van der Waals surface area contributed by atoms with Crippen LogP contribution in [0.15, 0.2) is 17.4 Å². The van der Waals surface area contributed by atoms with Gasteiger partial charge in [0, 0.05) is 8.07 Å². The largest absolute Gasteiger partial charge is 0.127 e. The molecule has 0 unspecified atom stereocenters. The van der Waals surface area contributed by atoms with Crippen LogP contribution in [0.4, 0.5) is 0 Å². The topological polar surface area (TPSA) is 0 Å². The first-order chi connectivity index (χ1) is 4.42. The average molecular weight is 154 g/mol. The lowest BCUT2D eigenvalue weighted by atomic mass is 10.4. The Bertz CT molecular complexity index is 150. The van der Waals surface area contributed by atoms with Gasteiger partial charge < -0.3 is 0 Å². The zero-order valence-corrected chi connectivity index (χ0v) is 8.78. The van der Waals surface area contributed by atoms with E-state index in [1.807, 2.05) is 0 Å². The maximum Gasteiger partial charge on any atom is 0.0487 e. The summed E-state index contributed by atoms with van der Waals surface area (Å²) < 4.78 is 0. The van der Waals surface area contributed by atoms with Gasteiger partial charge in [-0.25, -0.2) is 0 Å². The van der Waals surface area contributed by atoms with Gasteiger partial charge in [-0.3, -0.25) is 0 Å². The molecule has 10 heavy (non-hydrogen) atoms. The summed E-state index contributed by atoms with van der Waals surface area (Å²) in [7, 11) is -0.855. The van der Waals surface area contributed by atoms with Gasteiger partial charge in [-0.1, -0.05) is 19.6 Å². The summed E-state index contributed by atoms with van der Waals surface area (Å²) in [6, 6.07) is 1.25. The smallest absolute Gasteiger partial charge is 0.0487 e. The second-order valence-electron chi connectivity index (χ2n) is 4.11. The molecular formula is C9H18Si. The van der Waals surface area contributed by atoms with Crippen molar-refractivity contribution in [1.82, 2.24) is 0 Å². The second kappa shape index (κ2) is 3.80. The van der Waals surface area contributed by atoms with E-state index >= 15 is 0 Å². The SMILES string of the molecule is CC(C)=C=CC[Si](C)(C)C. The molecule has 0 aromatic rings. The fraction of sp³-hybridized carbons (Fsp3) is 0.667. The van der Waals surface area contributed by atoms with E-state index in [4.69, 9.17) is 0 Å². The molecule has 0 saturated heterocycles. The number of hydrogen-bond donors (Lipinski definition) is 0. The van der Waals surface area contributed by atoms with Crippen molar-refractivity contribution in [1.29, 1.82) is 0 Å². The molecule has 0 fully saturated rings. The van der Waals surface area contributed by atoms with E-state index in [1.165, 1.54) is 11.6 Å². The van der Waals surface area contributed by atoms with Crippen molar-refractivity contribution in [2.45, 2.75) is 39.5 Å². The molecule has 0 aliphatic heterocycles. The number of hydrogen-bond acceptors (Lipinski definition) is 0. The molecule has 58 valence electrons. The Balaban J connectivity index is 3.87. The van der Waals surface area contributed by atoms with Crippen LogP contribution in [0, 0.1) is 0 Å². The minimum Gasteiger partial charge on any atom is -0.127 e. The van der Waals surface area contributed by atoms with E-state index in [2.05, 4.69) is 45.3 Å². The van der Waals surface area contributed by atoms with E-state index in [-0.39, 0.29) is 0 Å². The van der Waals surface area contributed by atoms with Crippen molar-refractivity contribution in [3.8, 4) is 0 Å². The Kier molecular flexibility index (Phi) is 3.70. The normalized spacial score (nSPS) is 10.5.